The molecule has 0 fully saturated rings. The molecule has 6 heteroatoms. The summed E-state index contributed by atoms with van der Waals surface area (Å²) in [4.78, 5) is 14.2. The van der Waals surface area contributed by atoms with E-state index in [4.69, 9.17) is 21.6 Å². The molecule has 0 radical (unpaired) electrons. The van der Waals surface area contributed by atoms with Gasteiger partial charge in [-0.25, -0.2) is 0 Å². The molecule has 0 saturated carbocycles. The molecule has 0 bridgehead atoms. The number of halogens is 1. The van der Waals surface area contributed by atoms with Crippen LogP contribution in [-0.2, 0) is 0 Å². The predicted molar refractivity (Wildman–Crippen MR) is 77.7 cm³/mol. The molecule has 0 aliphatic rings. The number of carbonyl (C=O) groups excluding carboxylic acids is 1. The van der Waals surface area contributed by atoms with Crippen molar-refractivity contribution in [1.82, 2.24) is 4.90 Å². The zero-order valence-corrected chi connectivity index (χ0v) is 12.3. The highest BCUT2D eigenvalue weighted by atomic mass is 35.5. The van der Waals surface area contributed by atoms with E-state index < -0.39 is 7.12 Å². The van der Waals surface area contributed by atoms with E-state index in [-0.39, 0.29) is 28.5 Å². The van der Waals surface area contributed by atoms with Crippen molar-refractivity contribution >= 4 is 30.1 Å². The molecule has 1 aromatic carbocycles. The second-order valence-corrected chi connectivity index (χ2v) is 5.42. The van der Waals surface area contributed by atoms with Gasteiger partial charge >= 0.3 is 7.12 Å². The van der Waals surface area contributed by atoms with Crippen LogP contribution in [0.15, 0.2) is 18.2 Å². The van der Waals surface area contributed by atoms with Crippen LogP contribution in [0.25, 0.3) is 0 Å². The van der Waals surface area contributed by atoms with Crippen LogP contribution < -0.4 is 5.46 Å². The quantitative estimate of drug-likeness (QED) is 0.818. The summed E-state index contributed by atoms with van der Waals surface area (Å²) in [5.74, 6) is -0.120. The van der Waals surface area contributed by atoms with Crippen molar-refractivity contribution in [2.24, 2.45) is 0 Å². The number of carbonyl (C=O) groups is 1. The molecule has 104 valence electrons. The summed E-state index contributed by atoms with van der Waals surface area (Å²) >= 11 is 5.94. The largest absolute Gasteiger partial charge is 0.489 e. The number of amides is 1. The molecule has 0 spiro atoms. The minimum atomic E-state index is -1.64. The Bertz CT molecular complexity index is 455. The van der Waals surface area contributed by atoms with E-state index in [0.29, 0.717) is 5.56 Å². The Kier molecular flexibility index (Phi) is 5.41. The minimum absolute atomic E-state index is 0.0781. The topological polar surface area (TPSA) is 60.8 Å². The van der Waals surface area contributed by atoms with Gasteiger partial charge in [-0.1, -0.05) is 17.7 Å². The van der Waals surface area contributed by atoms with Crippen LogP contribution in [0.5, 0.6) is 0 Å². The first-order valence-corrected chi connectivity index (χ1v) is 6.61. The highest BCUT2D eigenvalue weighted by Crippen LogP contribution is 2.15. The summed E-state index contributed by atoms with van der Waals surface area (Å²) in [5.41, 5.74) is 0.635. The van der Waals surface area contributed by atoms with Crippen molar-refractivity contribution in [2.75, 3.05) is 0 Å². The van der Waals surface area contributed by atoms with Crippen molar-refractivity contribution in [3.8, 4) is 0 Å². The number of rotatable bonds is 4. The van der Waals surface area contributed by atoms with Crippen molar-refractivity contribution in [1.29, 1.82) is 0 Å². The molecule has 0 saturated heterocycles. The molecule has 0 aromatic heterocycles. The first-order chi connectivity index (χ1) is 8.75. The van der Waals surface area contributed by atoms with Crippen LogP contribution in [0.4, 0.5) is 0 Å². The van der Waals surface area contributed by atoms with E-state index in [1.807, 2.05) is 27.7 Å². The van der Waals surface area contributed by atoms with Gasteiger partial charge in [-0.15, -0.1) is 0 Å². The maximum Gasteiger partial charge on any atom is 0.489 e. The van der Waals surface area contributed by atoms with E-state index in [0.717, 1.165) is 0 Å². The average molecular weight is 284 g/mol. The summed E-state index contributed by atoms with van der Waals surface area (Å²) in [7, 11) is -1.64. The fraction of sp³-hybridized carbons (Fsp3) is 0.462. The lowest BCUT2D eigenvalue weighted by molar-refractivity contribution is 0.0643. The third kappa shape index (κ3) is 3.72. The fourth-order valence-electron chi connectivity index (χ4n) is 2.08. The Balaban J connectivity index is 3.10. The van der Waals surface area contributed by atoms with E-state index in [1.54, 1.807) is 11.0 Å². The van der Waals surface area contributed by atoms with Gasteiger partial charge in [0.2, 0.25) is 0 Å². The van der Waals surface area contributed by atoms with Gasteiger partial charge in [0.25, 0.3) is 5.91 Å². The van der Waals surface area contributed by atoms with Crippen molar-refractivity contribution in [3.63, 3.8) is 0 Å². The van der Waals surface area contributed by atoms with Crippen LogP contribution in [0.1, 0.15) is 38.1 Å². The Hall–Kier alpha value is -1.04. The minimum Gasteiger partial charge on any atom is -0.423 e. The zero-order valence-electron chi connectivity index (χ0n) is 11.6. The lowest BCUT2D eigenvalue weighted by Crippen LogP contribution is -2.42. The third-order valence-electron chi connectivity index (χ3n) is 2.87. The lowest BCUT2D eigenvalue weighted by atomic mass is 9.80. The Labute approximate surface area is 119 Å². The van der Waals surface area contributed by atoms with E-state index >= 15 is 0 Å². The normalized spacial score (nSPS) is 11.0. The van der Waals surface area contributed by atoms with Crippen LogP contribution in [0.2, 0.25) is 5.02 Å². The highest BCUT2D eigenvalue weighted by Gasteiger charge is 2.23. The number of hydrogen-bond donors (Lipinski definition) is 2. The van der Waals surface area contributed by atoms with Crippen LogP contribution in [0, 0.1) is 0 Å². The summed E-state index contributed by atoms with van der Waals surface area (Å²) < 4.78 is 0. The molecule has 4 nitrogen and oxygen atoms in total. The molecule has 0 aliphatic heterocycles. The average Bonchev–Trinajstić information content (AvgIpc) is 2.26. The molecule has 0 atom stereocenters. The second-order valence-electron chi connectivity index (χ2n) is 5.01. The van der Waals surface area contributed by atoms with Crippen molar-refractivity contribution in [3.05, 3.63) is 28.8 Å². The maximum atomic E-state index is 12.4. The van der Waals surface area contributed by atoms with Crippen LogP contribution in [0.3, 0.4) is 0 Å². The molecular weight excluding hydrogens is 264 g/mol. The molecule has 1 rings (SSSR count). The van der Waals surface area contributed by atoms with Gasteiger partial charge in [0, 0.05) is 28.1 Å². The Morgan fingerprint density at radius 1 is 1.21 bits per heavy atom. The van der Waals surface area contributed by atoms with Gasteiger partial charge in [-0.3, -0.25) is 4.79 Å². The van der Waals surface area contributed by atoms with Crippen molar-refractivity contribution in [2.45, 2.75) is 39.8 Å². The van der Waals surface area contributed by atoms with Crippen molar-refractivity contribution < 1.29 is 14.8 Å². The smallest absolute Gasteiger partial charge is 0.423 e. The van der Waals surface area contributed by atoms with Crippen LogP contribution >= 0.6 is 11.6 Å². The molecule has 0 heterocycles. The summed E-state index contributed by atoms with van der Waals surface area (Å²) in [6.45, 7) is 7.80. The Morgan fingerprint density at radius 2 is 1.74 bits per heavy atom. The van der Waals surface area contributed by atoms with E-state index in [2.05, 4.69) is 0 Å². The SMILES string of the molecule is CC(C)N(C(=O)c1ccc(B(O)O)c(Cl)c1)C(C)C. The van der Waals surface area contributed by atoms with E-state index in [1.165, 1.54) is 12.1 Å². The Morgan fingerprint density at radius 3 is 2.11 bits per heavy atom. The molecule has 0 aliphatic carbocycles. The molecule has 1 amide bonds. The monoisotopic (exact) mass is 283 g/mol. The van der Waals surface area contributed by atoms with Gasteiger partial charge < -0.3 is 14.9 Å². The van der Waals surface area contributed by atoms with Crippen LogP contribution in [-0.4, -0.2) is 40.1 Å². The molecule has 19 heavy (non-hydrogen) atoms. The second kappa shape index (κ2) is 6.41. The fourth-order valence-corrected chi connectivity index (χ4v) is 2.36. The first-order valence-electron chi connectivity index (χ1n) is 6.24. The summed E-state index contributed by atoms with van der Waals surface area (Å²) in [5, 5.41) is 18.4. The molecular formula is C13H19BClNO3. The molecule has 1 aromatic rings. The lowest BCUT2D eigenvalue weighted by Gasteiger charge is -2.31. The zero-order chi connectivity index (χ0) is 14.7. The maximum absolute atomic E-state index is 12.4. The first kappa shape index (κ1) is 16.0. The third-order valence-corrected chi connectivity index (χ3v) is 3.20. The van der Waals surface area contributed by atoms with E-state index in [9.17, 15) is 4.79 Å². The van der Waals surface area contributed by atoms with Gasteiger partial charge in [0.1, 0.15) is 0 Å². The predicted octanol–water partition coefficient (Wildman–Crippen LogP) is 1.28. The molecule has 2 N–H and O–H groups in total. The van der Waals surface area contributed by atoms with Gasteiger partial charge in [0.05, 0.1) is 0 Å². The highest BCUT2D eigenvalue weighted by molar-refractivity contribution is 6.62. The summed E-state index contributed by atoms with van der Waals surface area (Å²) in [6, 6.07) is 4.64. The number of hydrogen-bond acceptors (Lipinski definition) is 3. The van der Waals surface area contributed by atoms with Gasteiger partial charge in [-0.2, -0.15) is 0 Å². The number of benzene rings is 1. The van der Waals surface area contributed by atoms with Gasteiger partial charge in [0.15, 0.2) is 0 Å². The van der Waals surface area contributed by atoms with Gasteiger partial charge in [-0.05, 0) is 39.8 Å². The number of nitrogens with zero attached hydrogens (tertiary/aromatic N) is 1. The standard InChI is InChI=1S/C13H19BClNO3/c1-8(2)16(9(3)4)13(17)10-5-6-11(14(18)19)12(15)7-10/h5-9,18-19H,1-4H3. The molecule has 0 unspecified atom stereocenters. The summed E-state index contributed by atoms with van der Waals surface area (Å²) in [6.07, 6.45) is 0.